The molecule has 1 aliphatic heterocycles. The van der Waals surface area contributed by atoms with Crippen molar-refractivity contribution >= 4 is 24.0 Å². The lowest BCUT2D eigenvalue weighted by Gasteiger charge is -2.36. The quantitative estimate of drug-likeness (QED) is 0.696. The van der Waals surface area contributed by atoms with E-state index in [1.165, 1.54) is 5.56 Å². The summed E-state index contributed by atoms with van der Waals surface area (Å²) in [4.78, 5) is 6.99. The Morgan fingerprint density at radius 1 is 1.15 bits per heavy atom. The summed E-state index contributed by atoms with van der Waals surface area (Å²) in [6, 6.07) is 18.3. The first kappa shape index (κ1) is 19.8. The fraction of sp³-hybridized carbons (Fsp3) is 0.300. The molecule has 1 N–H and O–H groups in total. The molecule has 0 spiro atoms. The van der Waals surface area contributed by atoms with E-state index in [1.54, 1.807) is 0 Å². The molecule has 0 saturated carbocycles. The lowest BCUT2D eigenvalue weighted by molar-refractivity contribution is 0.159. The average molecular weight is 405 g/mol. The second-order valence-electron chi connectivity index (χ2n) is 6.44. The first-order valence-corrected chi connectivity index (χ1v) is 9.25. The van der Waals surface area contributed by atoms with Crippen LogP contribution in [-0.4, -0.2) is 41.2 Å². The lowest BCUT2D eigenvalue weighted by Crippen LogP contribution is -2.46. The van der Waals surface area contributed by atoms with Crippen molar-refractivity contribution in [2.24, 2.45) is 0 Å². The predicted molar refractivity (Wildman–Crippen MR) is 109 cm³/mol. The van der Waals surface area contributed by atoms with Crippen LogP contribution in [0.4, 0.5) is 0 Å². The number of rotatable bonds is 5. The van der Waals surface area contributed by atoms with Gasteiger partial charge in [0.1, 0.15) is 0 Å². The third kappa shape index (κ3) is 4.87. The molecule has 27 heavy (non-hydrogen) atoms. The highest BCUT2D eigenvalue weighted by Gasteiger charge is 2.24. The Morgan fingerprint density at radius 3 is 2.81 bits per heavy atom. The molecule has 142 valence electrons. The van der Waals surface area contributed by atoms with Crippen LogP contribution in [0.3, 0.4) is 0 Å². The Hall–Kier alpha value is -1.92. The zero-order chi connectivity index (χ0) is 17.8. The summed E-state index contributed by atoms with van der Waals surface area (Å²) in [6.45, 7) is 3.75. The van der Waals surface area contributed by atoms with Gasteiger partial charge < -0.3 is 9.84 Å². The standard InChI is InChI=1S/C20H21ClN4O.ClH/c21-17-8-4-7-16(13-17)18-14-22-10-12-25(18)11-9-19-23-20(24-26-19)15-5-2-1-3-6-15;/h1-8,13,18,22H,9-12,14H2;1H. The van der Waals surface area contributed by atoms with Crippen LogP contribution in [0, 0.1) is 0 Å². The molecule has 2 aromatic carbocycles. The maximum Gasteiger partial charge on any atom is 0.228 e. The predicted octanol–water partition coefficient (Wildman–Crippen LogP) is 4.00. The Labute approximate surface area is 170 Å². The highest BCUT2D eigenvalue weighted by atomic mass is 35.5. The van der Waals surface area contributed by atoms with Gasteiger partial charge in [0, 0.05) is 49.2 Å². The third-order valence-corrected chi connectivity index (χ3v) is 4.94. The summed E-state index contributed by atoms with van der Waals surface area (Å²) < 4.78 is 5.45. The van der Waals surface area contributed by atoms with E-state index in [4.69, 9.17) is 16.1 Å². The van der Waals surface area contributed by atoms with Crippen molar-refractivity contribution in [2.75, 3.05) is 26.2 Å². The SMILES string of the molecule is Cl.Clc1cccc(C2CNCCN2CCc2nc(-c3ccccc3)no2)c1. The van der Waals surface area contributed by atoms with Gasteiger partial charge in [-0.1, -0.05) is 59.2 Å². The number of halogens is 2. The number of aromatic nitrogens is 2. The lowest BCUT2D eigenvalue weighted by atomic mass is 10.0. The van der Waals surface area contributed by atoms with E-state index in [1.807, 2.05) is 48.5 Å². The molecule has 1 fully saturated rings. The van der Waals surface area contributed by atoms with Gasteiger partial charge in [-0.25, -0.2) is 0 Å². The molecule has 2 heterocycles. The van der Waals surface area contributed by atoms with Gasteiger partial charge in [-0.2, -0.15) is 4.98 Å². The van der Waals surface area contributed by atoms with Gasteiger partial charge in [0.25, 0.3) is 0 Å². The maximum absolute atomic E-state index is 6.17. The summed E-state index contributed by atoms with van der Waals surface area (Å²) in [5.74, 6) is 1.32. The minimum atomic E-state index is 0. The van der Waals surface area contributed by atoms with Crippen LogP contribution in [0.5, 0.6) is 0 Å². The first-order valence-electron chi connectivity index (χ1n) is 8.88. The van der Waals surface area contributed by atoms with E-state index in [0.29, 0.717) is 17.8 Å². The number of hydrogen-bond donors (Lipinski definition) is 1. The van der Waals surface area contributed by atoms with Crippen molar-refractivity contribution in [3.8, 4) is 11.4 Å². The summed E-state index contributed by atoms with van der Waals surface area (Å²) in [5, 5.41) is 8.35. The highest BCUT2D eigenvalue weighted by molar-refractivity contribution is 6.30. The van der Waals surface area contributed by atoms with Crippen LogP contribution in [-0.2, 0) is 6.42 Å². The van der Waals surface area contributed by atoms with Crippen molar-refractivity contribution in [2.45, 2.75) is 12.5 Å². The second-order valence-corrected chi connectivity index (χ2v) is 6.88. The number of piperazine rings is 1. The van der Waals surface area contributed by atoms with E-state index in [-0.39, 0.29) is 12.4 Å². The van der Waals surface area contributed by atoms with Crippen molar-refractivity contribution in [3.05, 3.63) is 71.1 Å². The zero-order valence-electron chi connectivity index (χ0n) is 14.8. The van der Waals surface area contributed by atoms with Crippen LogP contribution in [0.25, 0.3) is 11.4 Å². The molecule has 4 rings (SSSR count). The zero-order valence-corrected chi connectivity index (χ0v) is 16.4. The Bertz CT molecular complexity index is 856. The van der Waals surface area contributed by atoms with Gasteiger partial charge in [-0.05, 0) is 17.7 Å². The van der Waals surface area contributed by atoms with Gasteiger partial charge in [0.15, 0.2) is 0 Å². The van der Waals surface area contributed by atoms with Crippen molar-refractivity contribution in [1.29, 1.82) is 0 Å². The Morgan fingerprint density at radius 2 is 2.00 bits per heavy atom. The number of hydrogen-bond acceptors (Lipinski definition) is 5. The number of benzene rings is 2. The molecule has 1 unspecified atom stereocenters. The number of nitrogens with one attached hydrogen (secondary N) is 1. The van der Waals surface area contributed by atoms with Crippen molar-refractivity contribution < 1.29 is 4.52 Å². The van der Waals surface area contributed by atoms with Crippen LogP contribution in [0.15, 0.2) is 59.1 Å². The molecule has 1 saturated heterocycles. The van der Waals surface area contributed by atoms with Gasteiger partial charge in [0.2, 0.25) is 11.7 Å². The summed E-state index contributed by atoms with van der Waals surface area (Å²) >= 11 is 6.17. The molecule has 5 nitrogen and oxygen atoms in total. The van der Waals surface area contributed by atoms with E-state index in [9.17, 15) is 0 Å². The molecule has 7 heteroatoms. The molecule has 0 radical (unpaired) electrons. The molecule has 1 aliphatic rings. The molecule has 0 bridgehead atoms. The molecular weight excluding hydrogens is 383 g/mol. The summed E-state index contributed by atoms with van der Waals surface area (Å²) in [6.07, 6.45) is 0.733. The second kappa shape index (κ2) is 9.33. The fourth-order valence-corrected chi connectivity index (χ4v) is 3.56. The van der Waals surface area contributed by atoms with Crippen LogP contribution in [0.2, 0.25) is 5.02 Å². The molecule has 0 amide bonds. The van der Waals surface area contributed by atoms with Crippen LogP contribution < -0.4 is 5.32 Å². The topological polar surface area (TPSA) is 54.2 Å². The summed E-state index contributed by atoms with van der Waals surface area (Å²) in [5.41, 5.74) is 2.21. The molecule has 3 aromatic rings. The fourth-order valence-electron chi connectivity index (χ4n) is 3.36. The van der Waals surface area contributed by atoms with E-state index < -0.39 is 0 Å². The van der Waals surface area contributed by atoms with E-state index in [0.717, 1.165) is 43.2 Å². The van der Waals surface area contributed by atoms with Crippen molar-refractivity contribution in [1.82, 2.24) is 20.4 Å². The minimum Gasteiger partial charge on any atom is -0.339 e. The van der Waals surface area contributed by atoms with E-state index >= 15 is 0 Å². The molecule has 1 aromatic heterocycles. The van der Waals surface area contributed by atoms with Gasteiger partial charge in [-0.3, -0.25) is 4.90 Å². The maximum atomic E-state index is 6.17. The van der Waals surface area contributed by atoms with Crippen LogP contribution in [0.1, 0.15) is 17.5 Å². The van der Waals surface area contributed by atoms with Gasteiger partial charge in [-0.15, -0.1) is 12.4 Å². The average Bonchev–Trinajstić information content (AvgIpc) is 3.16. The third-order valence-electron chi connectivity index (χ3n) is 4.70. The van der Waals surface area contributed by atoms with Gasteiger partial charge >= 0.3 is 0 Å². The largest absolute Gasteiger partial charge is 0.339 e. The smallest absolute Gasteiger partial charge is 0.228 e. The summed E-state index contributed by atoms with van der Waals surface area (Å²) in [7, 11) is 0. The first-order chi connectivity index (χ1) is 12.8. The Balaban J connectivity index is 0.00000210. The van der Waals surface area contributed by atoms with Gasteiger partial charge in [0.05, 0.1) is 0 Å². The Kier molecular flexibility index (Phi) is 6.85. The molecule has 0 aliphatic carbocycles. The van der Waals surface area contributed by atoms with Crippen molar-refractivity contribution in [3.63, 3.8) is 0 Å². The normalized spacial score (nSPS) is 17.4. The molecule has 1 atom stereocenters. The highest BCUT2D eigenvalue weighted by Crippen LogP contribution is 2.25. The number of nitrogens with zero attached hydrogens (tertiary/aromatic N) is 3. The van der Waals surface area contributed by atoms with Crippen LogP contribution >= 0.6 is 24.0 Å². The molecular formula is C20H22Cl2N4O. The monoisotopic (exact) mass is 404 g/mol. The van der Waals surface area contributed by atoms with E-state index in [2.05, 4.69) is 26.4 Å². The minimum absolute atomic E-state index is 0.